The smallest absolute Gasteiger partial charge is 0.191 e. The predicted molar refractivity (Wildman–Crippen MR) is 136 cm³/mol. The fourth-order valence-electron chi connectivity index (χ4n) is 5.03. The molecule has 0 spiro atoms. The number of nitrogens with zero attached hydrogens (tertiary/aromatic N) is 4. The average molecular weight is 537 g/mol. The first kappa shape index (κ1) is 26.1. The molecular weight excluding hydrogens is 491 g/mol. The van der Waals surface area contributed by atoms with Crippen LogP contribution in [0.25, 0.3) is 0 Å². The maximum absolute atomic E-state index is 5.62. The lowest BCUT2D eigenvalue weighted by Gasteiger charge is -2.47. The van der Waals surface area contributed by atoms with E-state index in [4.69, 9.17) is 9.73 Å². The van der Waals surface area contributed by atoms with Crippen molar-refractivity contribution in [2.75, 3.05) is 79.2 Å². The molecule has 3 rings (SSSR count). The second kappa shape index (κ2) is 13.4. The van der Waals surface area contributed by atoms with Gasteiger partial charge in [0, 0.05) is 63.9 Å². The van der Waals surface area contributed by atoms with Crippen LogP contribution in [0.1, 0.15) is 46.0 Å². The highest BCUT2D eigenvalue weighted by atomic mass is 127. The Morgan fingerprint density at radius 1 is 1.00 bits per heavy atom. The van der Waals surface area contributed by atoms with Crippen molar-refractivity contribution in [1.29, 1.82) is 0 Å². The number of piperazine rings is 1. The summed E-state index contributed by atoms with van der Waals surface area (Å²) in [6.07, 6.45) is 6.58. The van der Waals surface area contributed by atoms with Crippen molar-refractivity contribution in [3.63, 3.8) is 0 Å². The largest absolute Gasteiger partial charge is 0.379 e. The molecule has 3 aliphatic rings. The van der Waals surface area contributed by atoms with Crippen LogP contribution < -0.4 is 10.6 Å². The lowest BCUT2D eigenvalue weighted by Crippen LogP contribution is -2.57. The molecule has 0 aromatic carbocycles. The van der Waals surface area contributed by atoms with E-state index in [-0.39, 0.29) is 29.5 Å². The van der Waals surface area contributed by atoms with Crippen LogP contribution in [0.5, 0.6) is 0 Å². The van der Waals surface area contributed by atoms with Gasteiger partial charge in [-0.15, -0.1) is 24.0 Å². The molecule has 2 aliphatic heterocycles. The number of likely N-dealkylation sites (N-methyl/N-ethyl adjacent to an activating group) is 1. The van der Waals surface area contributed by atoms with Crippen LogP contribution in [0.3, 0.4) is 0 Å². The highest BCUT2D eigenvalue weighted by Gasteiger charge is 2.38. The minimum Gasteiger partial charge on any atom is -0.379 e. The van der Waals surface area contributed by atoms with Gasteiger partial charge in [0.05, 0.1) is 19.8 Å². The van der Waals surface area contributed by atoms with Crippen LogP contribution in [0, 0.1) is 0 Å². The molecule has 2 saturated heterocycles. The highest BCUT2D eigenvalue weighted by molar-refractivity contribution is 14.0. The molecule has 0 radical (unpaired) electrons. The summed E-state index contributed by atoms with van der Waals surface area (Å²) in [6, 6.07) is 0.524. The SMILES string of the molecule is CCNC(=NCC1(N2CCOCC2)CCCCC1)NCC(C)N1CCN(C)CC1.I. The number of nitrogens with one attached hydrogen (secondary N) is 2. The highest BCUT2D eigenvalue weighted by Crippen LogP contribution is 2.34. The number of guanidine groups is 1. The molecule has 30 heavy (non-hydrogen) atoms. The summed E-state index contributed by atoms with van der Waals surface area (Å²) in [5, 5.41) is 7.11. The zero-order chi connectivity index (χ0) is 20.5. The zero-order valence-corrected chi connectivity index (χ0v) is 21.8. The maximum Gasteiger partial charge on any atom is 0.191 e. The molecule has 0 amide bonds. The van der Waals surface area contributed by atoms with E-state index < -0.39 is 0 Å². The fraction of sp³-hybridized carbons (Fsp3) is 0.955. The summed E-state index contributed by atoms with van der Waals surface area (Å²) in [5.74, 6) is 0.978. The number of hydrogen-bond donors (Lipinski definition) is 2. The number of aliphatic imine (C=N–C) groups is 1. The van der Waals surface area contributed by atoms with Crippen molar-refractivity contribution in [3.05, 3.63) is 0 Å². The van der Waals surface area contributed by atoms with Gasteiger partial charge in [-0.2, -0.15) is 0 Å². The van der Waals surface area contributed by atoms with Crippen molar-refractivity contribution < 1.29 is 4.74 Å². The molecule has 2 N–H and O–H groups in total. The Balaban J connectivity index is 0.00000320. The van der Waals surface area contributed by atoms with Gasteiger partial charge in [-0.25, -0.2) is 0 Å². The summed E-state index contributed by atoms with van der Waals surface area (Å²) < 4.78 is 5.62. The maximum atomic E-state index is 5.62. The summed E-state index contributed by atoms with van der Waals surface area (Å²) in [6.45, 7) is 15.7. The Morgan fingerprint density at radius 3 is 2.30 bits per heavy atom. The molecule has 2 heterocycles. The van der Waals surface area contributed by atoms with Crippen LogP contribution in [0.4, 0.5) is 0 Å². The van der Waals surface area contributed by atoms with E-state index in [1.807, 2.05) is 0 Å². The van der Waals surface area contributed by atoms with Gasteiger partial charge in [0.15, 0.2) is 5.96 Å². The first-order valence-corrected chi connectivity index (χ1v) is 11.9. The van der Waals surface area contributed by atoms with Gasteiger partial charge in [0.25, 0.3) is 0 Å². The summed E-state index contributed by atoms with van der Waals surface area (Å²) in [7, 11) is 2.21. The van der Waals surface area contributed by atoms with Crippen molar-refractivity contribution in [3.8, 4) is 0 Å². The van der Waals surface area contributed by atoms with Crippen LogP contribution in [-0.2, 0) is 4.74 Å². The van der Waals surface area contributed by atoms with Crippen LogP contribution in [0.15, 0.2) is 4.99 Å². The van der Waals surface area contributed by atoms with Gasteiger partial charge in [-0.3, -0.25) is 14.8 Å². The zero-order valence-electron chi connectivity index (χ0n) is 19.5. The molecule has 0 aromatic heterocycles. The molecule has 1 atom stereocenters. The predicted octanol–water partition coefficient (Wildman–Crippen LogP) is 1.83. The molecule has 176 valence electrons. The number of ether oxygens (including phenoxy) is 1. The fourth-order valence-corrected chi connectivity index (χ4v) is 5.03. The van der Waals surface area contributed by atoms with E-state index in [2.05, 4.69) is 46.2 Å². The summed E-state index contributed by atoms with van der Waals surface area (Å²) in [5.41, 5.74) is 0.230. The van der Waals surface area contributed by atoms with Gasteiger partial charge in [-0.1, -0.05) is 19.3 Å². The molecule has 3 fully saturated rings. The number of halogens is 1. The Labute approximate surface area is 201 Å². The molecule has 1 aliphatic carbocycles. The first-order valence-electron chi connectivity index (χ1n) is 11.9. The molecule has 0 bridgehead atoms. The average Bonchev–Trinajstić information content (AvgIpc) is 2.77. The third kappa shape index (κ3) is 7.46. The summed E-state index contributed by atoms with van der Waals surface area (Å²) in [4.78, 5) is 12.8. The minimum absolute atomic E-state index is 0. The normalized spacial score (nSPS) is 25.4. The first-order chi connectivity index (χ1) is 14.1. The lowest BCUT2D eigenvalue weighted by atomic mass is 9.80. The van der Waals surface area contributed by atoms with Crippen molar-refractivity contribution in [1.82, 2.24) is 25.3 Å². The molecule has 0 aromatic rings. The lowest BCUT2D eigenvalue weighted by molar-refractivity contribution is -0.0333. The van der Waals surface area contributed by atoms with E-state index in [1.54, 1.807) is 0 Å². The van der Waals surface area contributed by atoms with Gasteiger partial charge >= 0.3 is 0 Å². The third-order valence-electron chi connectivity index (χ3n) is 7.07. The molecular formula is C22H45IN6O. The Hall–Kier alpha value is -0.160. The second-order valence-corrected chi connectivity index (χ2v) is 9.15. The second-order valence-electron chi connectivity index (χ2n) is 9.15. The van der Waals surface area contributed by atoms with E-state index in [9.17, 15) is 0 Å². The molecule has 1 unspecified atom stereocenters. The van der Waals surface area contributed by atoms with Crippen LogP contribution in [-0.4, -0.2) is 111 Å². The van der Waals surface area contributed by atoms with Gasteiger partial charge in [0.1, 0.15) is 0 Å². The topological polar surface area (TPSA) is 55.4 Å². The number of hydrogen-bond acceptors (Lipinski definition) is 5. The minimum atomic E-state index is 0. The van der Waals surface area contributed by atoms with E-state index in [0.29, 0.717) is 6.04 Å². The van der Waals surface area contributed by atoms with Gasteiger partial charge in [0.2, 0.25) is 0 Å². The molecule has 7 nitrogen and oxygen atoms in total. The van der Waals surface area contributed by atoms with Crippen LogP contribution >= 0.6 is 24.0 Å². The van der Waals surface area contributed by atoms with Gasteiger partial charge < -0.3 is 20.3 Å². The monoisotopic (exact) mass is 536 g/mol. The van der Waals surface area contributed by atoms with Crippen molar-refractivity contribution in [2.24, 2.45) is 4.99 Å². The van der Waals surface area contributed by atoms with E-state index in [0.717, 1.165) is 65.0 Å². The Kier molecular flexibility index (Phi) is 11.7. The number of morpholine rings is 1. The standard InChI is InChI=1S/C22H44N6O.HI/c1-4-23-21(24-18-20(2)27-12-10-26(3)11-13-27)25-19-22(8-6-5-7-9-22)28-14-16-29-17-15-28;/h20H,4-19H2,1-3H3,(H2,23,24,25);1H. The third-order valence-corrected chi connectivity index (χ3v) is 7.07. The van der Waals surface area contributed by atoms with Crippen LogP contribution in [0.2, 0.25) is 0 Å². The Bertz CT molecular complexity index is 500. The van der Waals surface area contributed by atoms with Crippen molar-refractivity contribution >= 4 is 29.9 Å². The summed E-state index contributed by atoms with van der Waals surface area (Å²) >= 11 is 0. The van der Waals surface area contributed by atoms with E-state index >= 15 is 0 Å². The number of rotatable bonds is 7. The van der Waals surface area contributed by atoms with Crippen molar-refractivity contribution in [2.45, 2.75) is 57.5 Å². The Morgan fingerprint density at radius 2 is 1.67 bits per heavy atom. The van der Waals surface area contributed by atoms with E-state index in [1.165, 1.54) is 45.2 Å². The molecule has 8 heteroatoms. The van der Waals surface area contributed by atoms with Gasteiger partial charge in [-0.05, 0) is 33.7 Å². The molecule has 1 saturated carbocycles. The quantitative estimate of drug-likeness (QED) is 0.294.